The van der Waals surface area contributed by atoms with E-state index in [0.717, 1.165) is 48.3 Å². The van der Waals surface area contributed by atoms with Crippen molar-refractivity contribution in [3.05, 3.63) is 62.6 Å². The van der Waals surface area contributed by atoms with E-state index in [0.29, 0.717) is 45.8 Å². The minimum atomic E-state index is -1.09. The number of nitrogens with one attached hydrogen (secondary N) is 2. The third-order valence-electron chi connectivity index (χ3n) is 16.4. The van der Waals surface area contributed by atoms with Gasteiger partial charge in [-0.3, -0.25) is 19.2 Å². The minimum absolute atomic E-state index is 0.104. The van der Waals surface area contributed by atoms with Gasteiger partial charge in [-0.1, -0.05) is 83.2 Å². The standard InChI is InChI=1S/C51H70Cl2N2O8/c1-29(2)8-6-9-30(3)39-14-15-40-36-13-12-34-24-31(16-20-50(34,4)41(36)17-21-51(39,40)5)10-7-11-35(32-25-37(46(60)42(52)27-32)48(62)54-22-18-44(56)57)33-26-38(47(61)43(53)28-33)49(63)55-23-19-45(58)59/h11,25-31,34,36,39-41,60-61H,6-10,12-24H2,1-5H3,(H,54,62)(H,55,63)(H,56,57)(H,58,59)/t30?,31-,34-,36-,39+,40-,41-,50-,51+/m0/s1. The highest BCUT2D eigenvalue weighted by Crippen LogP contribution is 2.69. The Labute approximate surface area is 384 Å². The zero-order valence-corrected chi connectivity index (χ0v) is 39.4. The molecule has 4 fully saturated rings. The quantitative estimate of drug-likeness (QED) is 0.0857. The number of phenolic OH excluding ortho intramolecular Hbond substituents is 2. The number of benzene rings is 2. The van der Waals surface area contributed by atoms with Gasteiger partial charge in [0.1, 0.15) is 11.5 Å². The minimum Gasteiger partial charge on any atom is -0.506 e. The fourth-order valence-corrected chi connectivity index (χ4v) is 13.5. The van der Waals surface area contributed by atoms with E-state index in [1.54, 1.807) is 0 Å². The van der Waals surface area contributed by atoms with Crippen molar-refractivity contribution in [2.45, 2.75) is 137 Å². The molecule has 2 aromatic carbocycles. The average Bonchev–Trinajstić information content (AvgIpc) is 3.58. The number of fused-ring (bicyclic) bond motifs is 5. The summed E-state index contributed by atoms with van der Waals surface area (Å²) >= 11 is 13.1. The van der Waals surface area contributed by atoms with Gasteiger partial charge >= 0.3 is 11.9 Å². The number of hydrogen-bond donors (Lipinski definition) is 6. The lowest BCUT2D eigenvalue weighted by Crippen LogP contribution is -2.53. The lowest BCUT2D eigenvalue weighted by Gasteiger charge is -2.61. The highest BCUT2D eigenvalue weighted by atomic mass is 35.5. The van der Waals surface area contributed by atoms with Gasteiger partial charge in [0.05, 0.1) is 34.0 Å². The number of rotatable bonds is 18. The van der Waals surface area contributed by atoms with E-state index in [1.165, 1.54) is 94.9 Å². The Hall–Kier alpha value is -3.76. The smallest absolute Gasteiger partial charge is 0.305 e. The summed E-state index contributed by atoms with van der Waals surface area (Å²) in [6.07, 6.45) is 18.8. The largest absolute Gasteiger partial charge is 0.506 e. The summed E-state index contributed by atoms with van der Waals surface area (Å²) in [7, 11) is 0. The number of aromatic hydroxyl groups is 2. The Kier molecular flexibility index (Phi) is 15.9. The lowest BCUT2D eigenvalue weighted by molar-refractivity contribution is -0.137. The van der Waals surface area contributed by atoms with E-state index in [4.69, 9.17) is 33.4 Å². The molecule has 2 aromatic rings. The maximum Gasteiger partial charge on any atom is 0.305 e. The molecule has 10 nitrogen and oxygen atoms in total. The van der Waals surface area contributed by atoms with Crippen molar-refractivity contribution in [3.8, 4) is 11.5 Å². The highest BCUT2D eigenvalue weighted by Gasteiger charge is 2.60. The van der Waals surface area contributed by atoms with Gasteiger partial charge in [0.25, 0.3) is 11.8 Å². The Morgan fingerprint density at radius 3 is 1.86 bits per heavy atom. The molecule has 0 spiro atoms. The molecule has 63 heavy (non-hydrogen) atoms. The molecule has 6 rings (SSSR count). The molecule has 0 aromatic heterocycles. The molecule has 0 aliphatic heterocycles. The van der Waals surface area contributed by atoms with Crippen LogP contribution >= 0.6 is 23.2 Å². The van der Waals surface area contributed by atoms with Crippen molar-refractivity contribution < 1.29 is 39.6 Å². The monoisotopic (exact) mass is 908 g/mol. The number of carbonyl (C=O) groups is 4. The van der Waals surface area contributed by atoms with Crippen molar-refractivity contribution >= 4 is 52.5 Å². The van der Waals surface area contributed by atoms with E-state index in [1.807, 2.05) is 6.08 Å². The first kappa shape index (κ1) is 48.7. The molecule has 0 saturated heterocycles. The van der Waals surface area contributed by atoms with E-state index in [-0.39, 0.29) is 47.1 Å². The molecule has 346 valence electrons. The first-order chi connectivity index (χ1) is 29.8. The van der Waals surface area contributed by atoms with Crippen molar-refractivity contribution in [1.82, 2.24) is 10.6 Å². The summed E-state index contributed by atoms with van der Waals surface area (Å²) in [6, 6.07) is 5.97. The van der Waals surface area contributed by atoms with Crippen LogP contribution in [0.1, 0.15) is 169 Å². The molecular formula is C51H70Cl2N2O8. The summed E-state index contributed by atoms with van der Waals surface area (Å²) in [5, 5.41) is 44.7. The predicted molar refractivity (Wildman–Crippen MR) is 248 cm³/mol. The maximum atomic E-state index is 13.2. The van der Waals surface area contributed by atoms with E-state index in [2.05, 4.69) is 45.3 Å². The molecule has 1 unspecified atom stereocenters. The van der Waals surface area contributed by atoms with Crippen molar-refractivity contribution in [1.29, 1.82) is 0 Å². The van der Waals surface area contributed by atoms with Gasteiger partial charge in [0, 0.05) is 13.1 Å². The summed E-state index contributed by atoms with van der Waals surface area (Å²) in [6.45, 7) is 12.2. The van der Waals surface area contributed by atoms with Crippen LogP contribution in [-0.2, 0) is 9.59 Å². The van der Waals surface area contributed by atoms with Crippen LogP contribution in [0.3, 0.4) is 0 Å². The van der Waals surface area contributed by atoms with Crippen LogP contribution in [0, 0.1) is 58.2 Å². The van der Waals surface area contributed by atoms with Crippen molar-refractivity contribution in [3.63, 3.8) is 0 Å². The Morgan fingerprint density at radius 1 is 0.746 bits per heavy atom. The SMILES string of the molecule is CC(C)CCCC(C)[C@H]1CC[C@H]2[C@@H]3CC[C@H]4C[C@@H](CCC=C(c5cc(Cl)c(O)c(C(=O)NCCC(=O)O)c5)c5cc(Cl)c(O)c(C(=O)NCCC(=O)O)c5)CC[C@]4(C)[C@H]3CC[C@]12C. The topological polar surface area (TPSA) is 173 Å². The second kappa shape index (κ2) is 20.6. The molecule has 0 bridgehead atoms. The number of carbonyl (C=O) groups excluding carboxylic acids is 2. The van der Waals surface area contributed by atoms with Gasteiger partial charge in [-0.05, 0) is 170 Å². The predicted octanol–water partition coefficient (Wildman–Crippen LogP) is 11.8. The molecule has 9 atom stereocenters. The van der Waals surface area contributed by atoms with Crippen LogP contribution in [-0.4, -0.2) is 57.3 Å². The fraction of sp³-hybridized carbons (Fsp3) is 0.647. The first-order valence-electron chi connectivity index (χ1n) is 23.6. The average molecular weight is 910 g/mol. The molecule has 12 heteroatoms. The van der Waals surface area contributed by atoms with Crippen LogP contribution in [0.4, 0.5) is 0 Å². The number of aliphatic carboxylic acids is 2. The summed E-state index contributed by atoms with van der Waals surface area (Å²) in [5.41, 5.74) is 1.98. The zero-order chi connectivity index (χ0) is 45.8. The summed E-state index contributed by atoms with van der Waals surface area (Å²) < 4.78 is 0. The van der Waals surface area contributed by atoms with Gasteiger partial charge in [-0.25, -0.2) is 0 Å². The van der Waals surface area contributed by atoms with Gasteiger partial charge in [0.15, 0.2) is 0 Å². The number of carboxylic acids is 2. The van der Waals surface area contributed by atoms with E-state index >= 15 is 0 Å². The molecule has 4 aliphatic rings. The Morgan fingerprint density at radius 2 is 1.30 bits per heavy atom. The fourth-order valence-electron chi connectivity index (χ4n) is 13.1. The molecule has 6 N–H and O–H groups in total. The molecule has 4 aliphatic carbocycles. The van der Waals surface area contributed by atoms with Gasteiger partial charge in [-0.2, -0.15) is 0 Å². The third-order valence-corrected chi connectivity index (χ3v) is 17.0. The second-order valence-corrected chi connectivity index (χ2v) is 21.3. The van der Waals surface area contributed by atoms with Crippen LogP contribution in [0.15, 0.2) is 30.3 Å². The number of halogens is 2. The Balaban J connectivity index is 1.21. The summed E-state index contributed by atoms with van der Waals surface area (Å²) in [4.78, 5) is 48.7. The maximum absolute atomic E-state index is 13.2. The lowest BCUT2D eigenvalue weighted by atomic mass is 9.44. The van der Waals surface area contributed by atoms with Gasteiger partial charge in [-0.15, -0.1) is 0 Å². The van der Waals surface area contributed by atoms with Gasteiger partial charge < -0.3 is 31.1 Å². The third kappa shape index (κ3) is 10.9. The number of phenols is 2. The van der Waals surface area contributed by atoms with Crippen LogP contribution in [0.5, 0.6) is 11.5 Å². The van der Waals surface area contributed by atoms with E-state index < -0.39 is 35.3 Å². The van der Waals surface area contributed by atoms with Gasteiger partial charge in [0.2, 0.25) is 0 Å². The van der Waals surface area contributed by atoms with Crippen LogP contribution in [0.25, 0.3) is 5.57 Å². The molecule has 4 saturated carbocycles. The van der Waals surface area contributed by atoms with Crippen LogP contribution < -0.4 is 10.6 Å². The molecule has 2 amide bonds. The molecule has 0 radical (unpaired) electrons. The normalized spacial score (nSPS) is 28.0. The zero-order valence-electron chi connectivity index (χ0n) is 37.9. The molecular weight excluding hydrogens is 839 g/mol. The van der Waals surface area contributed by atoms with E-state index in [9.17, 15) is 29.4 Å². The first-order valence-corrected chi connectivity index (χ1v) is 24.3. The number of carboxylic acid groups (broad SMARTS) is 2. The highest BCUT2D eigenvalue weighted by molar-refractivity contribution is 6.33. The van der Waals surface area contributed by atoms with Crippen molar-refractivity contribution in [2.24, 2.45) is 58.2 Å². The second-order valence-electron chi connectivity index (χ2n) is 20.5. The number of amides is 2. The molecule has 0 heterocycles. The van der Waals surface area contributed by atoms with Crippen molar-refractivity contribution in [2.75, 3.05) is 13.1 Å². The van der Waals surface area contributed by atoms with Crippen LogP contribution in [0.2, 0.25) is 10.0 Å². The Bertz CT molecular complexity index is 1960. The summed E-state index contributed by atoms with van der Waals surface area (Å²) in [5.74, 6) is 1.61. The number of allylic oxidation sites excluding steroid dienone is 1. The number of hydrogen-bond acceptors (Lipinski definition) is 6.